The molecule has 0 unspecified atom stereocenters. The van der Waals surface area contributed by atoms with Crippen molar-refractivity contribution < 1.29 is 22.7 Å². The molecule has 168 valence electrons. The van der Waals surface area contributed by atoms with Gasteiger partial charge in [0.25, 0.3) is 10.0 Å². The number of thioether (sulfide) groups is 1. The maximum atomic E-state index is 13.1. The van der Waals surface area contributed by atoms with E-state index in [0.717, 1.165) is 4.90 Å². The van der Waals surface area contributed by atoms with Gasteiger partial charge in [0.1, 0.15) is 11.5 Å². The molecule has 0 aromatic heterocycles. The first-order chi connectivity index (χ1) is 15.2. The standard InChI is InChI=1S/C22H21ClN2O5S2/c1-14(26)24-20-13-18(8-10-22(20)31-3)32(27,28)25-19-11-15(23)7-9-21(19)30-17-6-4-5-16(12-17)29-2/h4-13,25H,1-3H3,(H,24,26). The zero-order chi connectivity index (χ0) is 23.3. The highest BCUT2D eigenvalue weighted by Gasteiger charge is 2.19. The number of halogens is 1. The van der Waals surface area contributed by atoms with E-state index in [0.29, 0.717) is 22.2 Å². The molecule has 10 heteroatoms. The van der Waals surface area contributed by atoms with E-state index in [1.165, 1.54) is 36.9 Å². The Kier molecular flexibility index (Phi) is 7.55. The van der Waals surface area contributed by atoms with Crippen molar-refractivity contribution in [1.82, 2.24) is 0 Å². The van der Waals surface area contributed by atoms with Crippen LogP contribution in [0.4, 0.5) is 11.4 Å². The summed E-state index contributed by atoms with van der Waals surface area (Å²) in [5.74, 6) is 1.02. The molecule has 0 spiro atoms. The highest BCUT2D eigenvalue weighted by Crippen LogP contribution is 2.35. The lowest BCUT2D eigenvalue weighted by atomic mass is 10.3. The van der Waals surface area contributed by atoms with Gasteiger partial charge in [0.15, 0.2) is 5.75 Å². The molecule has 2 N–H and O–H groups in total. The smallest absolute Gasteiger partial charge is 0.262 e. The van der Waals surface area contributed by atoms with Crippen molar-refractivity contribution in [3.05, 3.63) is 65.7 Å². The third kappa shape index (κ3) is 5.87. The van der Waals surface area contributed by atoms with Crippen molar-refractivity contribution in [1.29, 1.82) is 0 Å². The molecule has 0 aliphatic rings. The molecule has 3 aromatic carbocycles. The molecule has 0 aliphatic carbocycles. The van der Waals surface area contributed by atoms with Crippen LogP contribution in [-0.4, -0.2) is 27.7 Å². The summed E-state index contributed by atoms with van der Waals surface area (Å²) in [7, 11) is -2.47. The van der Waals surface area contributed by atoms with Gasteiger partial charge in [-0.1, -0.05) is 17.7 Å². The molecule has 0 bridgehead atoms. The van der Waals surface area contributed by atoms with Gasteiger partial charge in [-0.3, -0.25) is 9.52 Å². The summed E-state index contributed by atoms with van der Waals surface area (Å²) < 4.78 is 39.8. The second-order valence-electron chi connectivity index (χ2n) is 6.57. The van der Waals surface area contributed by atoms with Crippen LogP contribution < -0.4 is 19.5 Å². The average Bonchev–Trinajstić information content (AvgIpc) is 2.75. The molecule has 3 aromatic rings. The van der Waals surface area contributed by atoms with Crippen molar-refractivity contribution in [2.45, 2.75) is 16.7 Å². The molecule has 0 saturated carbocycles. The summed E-state index contributed by atoms with van der Waals surface area (Å²) in [4.78, 5) is 12.2. The molecule has 1 amide bonds. The lowest BCUT2D eigenvalue weighted by Gasteiger charge is -2.15. The Bertz CT molecular complexity index is 1250. The Morgan fingerprint density at radius 3 is 2.44 bits per heavy atom. The number of benzene rings is 3. The third-order valence-corrected chi connectivity index (χ3v) is 6.64. The van der Waals surface area contributed by atoms with Gasteiger partial charge in [0.05, 0.1) is 23.4 Å². The number of ether oxygens (including phenoxy) is 2. The molecule has 3 rings (SSSR count). The van der Waals surface area contributed by atoms with E-state index >= 15 is 0 Å². The van der Waals surface area contributed by atoms with Gasteiger partial charge >= 0.3 is 0 Å². The average molecular weight is 493 g/mol. The number of anilines is 2. The van der Waals surface area contributed by atoms with Gasteiger partial charge in [-0.05, 0) is 54.8 Å². The monoisotopic (exact) mass is 492 g/mol. The number of carbonyl (C=O) groups is 1. The summed E-state index contributed by atoms with van der Waals surface area (Å²) in [6, 6.07) is 16.0. The molecule has 0 heterocycles. The summed E-state index contributed by atoms with van der Waals surface area (Å²) in [5.41, 5.74) is 0.571. The fourth-order valence-corrected chi connectivity index (χ4v) is 4.60. The first kappa shape index (κ1) is 23.8. The topological polar surface area (TPSA) is 93.7 Å². The van der Waals surface area contributed by atoms with Crippen molar-refractivity contribution in [3.8, 4) is 17.2 Å². The fraction of sp³-hybridized carbons (Fsp3) is 0.136. The fourth-order valence-electron chi connectivity index (χ4n) is 2.81. The van der Waals surface area contributed by atoms with E-state index in [1.807, 2.05) is 6.26 Å². The number of nitrogens with one attached hydrogen (secondary N) is 2. The van der Waals surface area contributed by atoms with E-state index in [4.69, 9.17) is 21.1 Å². The predicted octanol–water partition coefficient (Wildman–Crippen LogP) is 5.62. The number of amides is 1. The van der Waals surface area contributed by atoms with E-state index in [1.54, 1.807) is 49.6 Å². The van der Waals surface area contributed by atoms with E-state index in [-0.39, 0.29) is 22.2 Å². The van der Waals surface area contributed by atoms with Gasteiger partial charge in [-0.25, -0.2) is 8.42 Å². The van der Waals surface area contributed by atoms with Crippen LogP contribution in [0.15, 0.2) is 70.5 Å². The van der Waals surface area contributed by atoms with Gasteiger partial charge in [0.2, 0.25) is 5.91 Å². The minimum atomic E-state index is -4.01. The van der Waals surface area contributed by atoms with E-state index in [2.05, 4.69) is 10.0 Å². The number of methoxy groups -OCH3 is 1. The molecule has 0 atom stereocenters. The molecular formula is C22H21ClN2O5S2. The van der Waals surface area contributed by atoms with Crippen molar-refractivity contribution in [2.24, 2.45) is 0 Å². The van der Waals surface area contributed by atoms with Crippen LogP contribution in [0.25, 0.3) is 0 Å². The molecule has 0 fully saturated rings. The lowest BCUT2D eigenvalue weighted by molar-refractivity contribution is -0.114. The number of carbonyl (C=O) groups excluding carboxylic acids is 1. The van der Waals surface area contributed by atoms with Crippen LogP contribution in [0.5, 0.6) is 17.2 Å². The first-order valence-electron chi connectivity index (χ1n) is 9.32. The SMILES string of the molecule is COc1cccc(Oc2ccc(Cl)cc2NS(=O)(=O)c2ccc(SC)c(NC(C)=O)c2)c1. The normalized spacial score (nSPS) is 11.0. The zero-order valence-corrected chi connectivity index (χ0v) is 19.9. The Morgan fingerprint density at radius 2 is 1.75 bits per heavy atom. The van der Waals surface area contributed by atoms with Crippen molar-refractivity contribution in [3.63, 3.8) is 0 Å². The van der Waals surface area contributed by atoms with Gasteiger partial charge in [-0.2, -0.15) is 0 Å². The lowest BCUT2D eigenvalue weighted by Crippen LogP contribution is -2.15. The maximum Gasteiger partial charge on any atom is 0.262 e. The number of hydrogen-bond acceptors (Lipinski definition) is 6. The second kappa shape index (κ2) is 10.2. The third-order valence-electron chi connectivity index (χ3n) is 4.25. The van der Waals surface area contributed by atoms with Gasteiger partial charge in [-0.15, -0.1) is 11.8 Å². The Labute approximate surface area is 196 Å². The molecule has 0 aliphatic heterocycles. The maximum absolute atomic E-state index is 13.1. The first-order valence-corrected chi connectivity index (χ1v) is 12.4. The molecular weight excluding hydrogens is 472 g/mol. The molecule has 7 nitrogen and oxygen atoms in total. The van der Waals surface area contributed by atoms with Crippen LogP contribution >= 0.6 is 23.4 Å². The van der Waals surface area contributed by atoms with Crippen molar-refractivity contribution >= 4 is 50.7 Å². The largest absolute Gasteiger partial charge is 0.497 e. The van der Waals surface area contributed by atoms with Crippen LogP contribution in [0.2, 0.25) is 5.02 Å². The van der Waals surface area contributed by atoms with Crippen LogP contribution in [-0.2, 0) is 14.8 Å². The minimum absolute atomic E-state index is 0.0219. The Hall–Kier alpha value is -2.88. The highest BCUT2D eigenvalue weighted by molar-refractivity contribution is 7.98. The number of hydrogen-bond donors (Lipinski definition) is 2. The number of sulfonamides is 1. The van der Waals surface area contributed by atoms with E-state index in [9.17, 15) is 13.2 Å². The van der Waals surface area contributed by atoms with Crippen LogP contribution in [0.1, 0.15) is 6.92 Å². The summed E-state index contributed by atoms with van der Waals surface area (Å²) in [5, 5.41) is 2.99. The summed E-state index contributed by atoms with van der Waals surface area (Å²) >= 11 is 7.50. The van der Waals surface area contributed by atoms with Gasteiger partial charge in [0, 0.05) is 22.9 Å². The zero-order valence-electron chi connectivity index (χ0n) is 17.5. The predicted molar refractivity (Wildman–Crippen MR) is 128 cm³/mol. The highest BCUT2D eigenvalue weighted by atomic mass is 35.5. The minimum Gasteiger partial charge on any atom is -0.497 e. The summed E-state index contributed by atoms with van der Waals surface area (Å²) in [6.45, 7) is 1.36. The second-order valence-corrected chi connectivity index (χ2v) is 9.54. The Balaban J connectivity index is 1.95. The Morgan fingerprint density at radius 1 is 1.00 bits per heavy atom. The summed E-state index contributed by atoms with van der Waals surface area (Å²) in [6.07, 6.45) is 1.83. The number of rotatable bonds is 8. The molecule has 0 radical (unpaired) electrons. The van der Waals surface area contributed by atoms with Crippen LogP contribution in [0, 0.1) is 0 Å². The molecule has 0 saturated heterocycles. The quantitative estimate of drug-likeness (QED) is 0.396. The van der Waals surface area contributed by atoms with Crippen molar-refractivity contribution in [2.75, 3.05) is 23.4 Å². The molecule has 32 heavy (non-hydrogen) atoms. The van der Waals surface area contributed by atoms with Gasteiger partial charge < -0.3 is 14.8 Å². The van der Waals surface area contributed by atoms with E-state index < -0.39 is 10.0 Å². The van der Waals surface area contributed by atoms with Crippen LogP contribution in [0.3, 0.4) is 0 Å².